The average molecular weight is 444 g/mol. The molecule has 0 amide bonds. The molecule has 1 aliphatic rings. The lowest BCUT2D eigenvalue weighted by Gasteiger charge is -2.13. The number of fused-ring (bicyclic) bond motifs is 2. The van der Waals surface area contributed by atoms with Gasteiger partial charge in [-0.05, 0) is 88.7 Å². The molecule has 3 aromatic carbocycles. The molecule has 1 N–H and O–H groups in total. The standard InChI is InChI=1S/C23H19Cl2NO2S/c1-29(27,28)26-20-4-2-3-15(11-20)12-23-21-9-7-18(24)13-16(21)5-6-17-14-19(25)8-10-22(17)23/h2-4,7-14,26H,5-6H2,1H3. The Hall–Kier alpha value is -2.27. The van der Waals surface area contributed by atoms with Gasteiger partial charge in [-0.2, -0.15) is 0 Å². The lowest BCUT2D eigenvalue weighted by molar-refractivity contribution is 0.607. The van der Waals surface area contributed by atoms with Crippen LogP contribution in [0, 0.1) is 0 Å². The lowest BCUT2D eigenvalue weighted by atomic mass is 9.92. The average Bonchev–Trinajstić information content (AvgIpc) is 2.77. The van der Waals surface area contributed by atoms with E-state index in [2.05, 4.69) is 10.8 Å². The molecule has 0 fully saturated rings. The van der Waals surface area contributed by atoms with Gasteiger partial charge in [0.2, 0.25) is 10.0 Å². The third-order valence-electron chi connectivity index (χ3n) is 4.88. The highest BCUT2D eigenvalue weighted by molar-refractivity contribution is 7.92. The Balaban J connectivity index is 1.89. The van der Waals surface area contributed by atoms with Gasteiger partial charge in [-0.25, -0.2) is 8.42 Å². The van der Waals surface area contributed by atoms with E-state index in [1.165, 1.54) is 11.1 Å². The number of nitrogens with one attached hydrogen (secondary N) is 1. The van der Waals surface area contributed by atoms with Crippen LogP contribution >= 0.6 is 23.2 Å². The van der Waals surface area contributed by atoms with Crippen molar-refractivity contribution in [3.05, 3.63) is 98.5 Å². The summed E-state index contributed by atoms with van der Waals surface area (Å²) in [7, 11) is -3.34. The first kappa shape index (κ1) is 20.0. The zero-order chi connectivity index (χ0) is 20.6. The molecule has 3 aromatic rings. The van der Waals surface area contributed by atoms with E-state index in [4.69, 9.17) is 23.2 Å². The van der Waals surface area contributed by atoms with E-state index in [-0.39, 0.29) is 0 Å². The molecule has 3 nitrogen and oxygen atoms in total. The third-order valence-corrected chi connectivity index (χ3v) is 5.96. The van der Waals surface area contributed by atoms with Gasteiger partial charge in [-0.3, -0.25) is 4.72 Å². The van der Waals surface area contributed by atoms with Crippen molar-refractivity contribution in [1.29, 1.82) is 0 Å². The zero-order valence-corrected chi connectivity index (χ0v) is 18.1. The van der Waals surface area contributed by atoms with Crippen molar-refractivity contribution in [3.8, 4) is 0 Å². The van der Waals surface area contributed by atoms with Crippen LogP contribution in [0.5, 0.6) is 0 Å². The Kier molecular flexibility index (Phi) is 5.43. The number of sulfonamides is 1. The van der Waals surface area contributed by atoms with Gasteiger partial charge in [-0.1, -0.05) is 47.5 Å². The van der Waals surface area contributed by atoms with Crippen LogP contribution in [0.15, 0.2) is 60.7 Å². The highest BCUT2D eigenvalue weighted by Gasteiger charge is 2.19. The third kappa shape index (κ3) is 4.67. The second kappa shape index (κ2) is 7.86. The molecule has 29 heavy (non-hydrogen) atoms. The quantitative estimate of drug-likeness (QED) is 0.535. The molecule has 0 saturated carbocycles. The second-order valence-corrected chi connectivity index (χ2v) is 9.78. The first-order valence-corrected chi connectivity index (χ1v) is 11.8. The largest absolute Gasteiger partial charge is 0.284 e. The van der Waals surface area contributed by atoms with E-state index in [0.29, 0.717) is 15.7 Å². The highest BCUT2D eigenvalue weighted by atomic mass is 35.5. The van der Waals surface area contributed by atoms with Gasteiger partial charge in [0.25, 0.3) is 0 Å². The van der Waals surface area contributed by atoms with Gasteiger partial charge in [0.15, 0.2) is 0 Å². The van der Waals surface area contributed by atoms with Crippen LogP contribution in [0.2, 0.25) is 10.0 Å². The monoisotopic (exact) mass is 443 g/mol. The second-order valence-electron chi connectivity index (χ2n) is 7.16. The zero-order valence-electron chi connectivity index (χ0n) is 15.7. The van der Waals surface area contributed by atoms with Crippen LogP contribution in [0.3, 0.4) is 0 Å². The molecule has 0 atom stereocenters. The van der Waals surface area contributed by atoms with Crippen molar-refractivity contribution < 1.29 is 8.42 Å². The van der Waals surface area contributed by atoms with Crippen molar-refractivity contribution in [1.82, 2.24) is 0 Å². The van der Waals surface area contributed by atoms with Crippen molar-refractivity contribution in [2.45, 2.75) is 12.8 Å². The number of halogens is 2. The number of benzene rings is 3. The van der Waals surface area contributed by atoms with Crippen LogP contribution in [-0.2, 0) is 22.9 Å². The molecule has 148 valence electrons. The molecule has 0 saturated heterocycles. The molecule has 1 aliphatic carbocycles. The maximum absolute atomic E-state index is 11.6. The molecule has 0 radical (unpaired) electrons. The van der Waals surface area contributed by atoms with Gasteiger partial charge in [0.05, 0.1) is 6.26 Å². The molecule has 0 aromatic heterocycles. The van der Waals surface area contributed by atoms with E-state index in [1.807, 2.05) is 54.6 Å². The van der Waals surface area contributed by atoms with Crippen molar-refractivity contribution in [3.63, 3.8) is 0 Å². The molecule has 4 rings (SSSR count). The number of anilines is 1. The fraction of sp³-hybridized carbons (Fsp3) is 0.130. The van der Waals surface area contributed by atoms with Crippen molar-refractivity contribution in [2.75, 3.05) is 11.0 Å². The fourth-order valence-corrected chi connectivity index (χ4v) is 4.65. The minimum atomic E-state index is -3.34. The molecule has 0 aliphatic heterocycles. The molecule has 0 unspecified atom stereocenters. The molecular formula is C23H19Cl2NO2S. The van der Waals surface area contributed by atoms with Crippen LogP contribution in [0.4, 0.5) is 5.69 Å². The number of hydrogen-bond donors (Lipinski definition) is 1. The normalized spacial score (nSPS) is 13.3. The first-order valence-electron chi connectivity index (χ1n) is 9.16. The molecular weight excluding hydrogens is 425 g/mol. The van der Waals surface area contributed by atoms with Crippen molar-refractivity contribution in [2.24, 2.45) is 0 Å². The topological polar surface area (TPSA) is 46.2 Å². The summed E-state index contributed by atoms with van der Waals surface area (Å²) in [5, 5.41) is 1.43. The Bertz CT molecular complexity index is 1180. The maximum Gasteiger partial charge on any atom is 0.229 e. The lowest BCUT2D eigenvalue weighted by Crippen LogP contribution is -2.09. The molecule has 0 spiro atoms. The summed E-state index contributed by atoms with van der Waals surface area (Å²) >= 11 is 12.5. The number of hydrogen-bond acceptors (Lipinski definition) is 2. The summed E-state index contributed by atoms with van der Waals surface area (Å²) in [5.74, 6) is 0. The van der Waals surface area contributed by atoms with Crippen LogP contribution < -0.4 is 4.72 Å². The number of aryl methyl sites for hydroxylation is 2. The summed E-state index contributed by atoms with van der Waals surface area (Å²) < 4.78 is 25.7. The Labute approximate surface area is 181 Å². The number of rotatable bonds is 3. The Morgan fingerprint density at radius 1 is 0.862 bits per heavy atom. The van der Waals surface area contributed by atoms with E-state index in [9.17, 15) is 8.42 Å². The van der Waals surface area contributed by atoms with Gasteiger partial charge in [0.1, 0.15) is 0 Å². The van der Waals surface area contributed by atoms with Crippen LogP contribution in [0.1, 0.15) is 27.8 Å². The highest BCUT2D eigenvalue weighted by Crippen LogP contribution is 2.37. The Morgan fingerprint density at radius 2 is 1.45 bits per heavy atom. The van der Waals surface area contributed by atoms with E-state index < -0.39 is 10.0 Å². The summed E-state index contributed by atoms with van der Waals surface area (Å²) in [5.41, 5.74) is 7.11. The van der Waals surface area contributed by atoms with Crippen LogP contribution in [0.25, 0.3) is 11.6 Å². The molecule has 0 bridgehead atoms. The summed E-state index contributed by atoms with van der Waals surface area (Å²) in [6.07, 6.45) is 4.97. The van der Waals surface area contributed by atoms with Gasteiger partial charge in [0, 0.05) is 15.7 Å². The van der Waals surface area contributed by atoms with E-state index in [0.717, 1.165) is 41.4 Å². The molecule has 6 heteroatoms. The predicted octanol–water partition coefficient (Wildman–Crippen LogP) is 6.05. The summed E-state index contributed by atoms with van der Waals surface area (Å²) in [6, 6.07) is 19.3. The predicted molar refractivity (Wildman–Crippen MR) is 122 cm³/mol. The van der Waals surface area contributed by atoms with Gasteiger partial charge < -0.3 is 0 Å². The first-order chi connectivity index (χ1) is 13.8. The molecule has 0 heterocycles. The summed E-state index contributed by atoms with van der Waals surface area (Å²) in [6.45, 7) is 0. The maximum atomic E-state index is 11.6. The summed E-state index contributed by atoms with van der Waals surface area (Å²) in [4.78, 5) is 0. The van der Waals surface area contributed by atoms with Crippen molar-refractivity contribution >= 4 is 50.6 Å². The van der Waals surface area contributed by atoms with E-state index in [1.54, 1.807) is 6.07 Å². The fourth-order valence-electron chi connectivity index (χ4n) is 3.71. The minimum Gasteiger partial charge on any atom is -0.284 e. The van der Waals surface area contributed by atoms with Crippen LogP contribution in [-0.4, -0.2) is 14.7 Å². The van der Waals surface area contributed by atoms with E-state index >= 15 is 0 Å². The van der Waals surface area contributed by atoms with Gasteiger partial charge in [-0.15, -0.1) is 0 Å². The SMILES string of the molecule is CS(=O)(=O)Nc1cccc(C=C2c3ccc(Cl)cc3CCc3cc(Cl)ccc32)c1. The Morgan fingerprint density at radius 3 is 2.00 bits per heavy atom. The van der Waals surface area contributed by atoms with Gasteiger partial charge >= 0.3 is 0 Å². The minimum absolute atomic E-state index is 0.531. The smallest absolute Gasteiger partial charge is 0.229 e.